The van der Waals surface area contributed by atoms with Gasteiger partial charge >= 0.3 is 0 Å². The number of aliphatic hydroxyl groups excluding tert-OH is 1. The molecule has 0 radical (unpaired) electrons. The first-order chi connectivity index (χ1) is 8.49. The molecule has 1 N–H and O–H groups in total. The van der Waals surface area contributed by atoms with E-state index in [0.717, 1.165) is 38.2 Å². The molecule has 1 saturated heterocycles. The summed E-state index contributed by atoms with van der Waals surface area (Å²) >= 11 is 0. The Labute approximate surface area is 110 Å². The maximum atomic E-state index is 9.61. The summed E-state index contributed by atoms with van der Waals surface area (Å²) in [5.74, 6) is 0.484. The van der Waals surface area contributed by atoms with Gasteiger partial charge in [0.05, 0.1) is 11.8 Å². The van der Waals surface area contributed by atoms with Crippen LogP contribution >= 0.6 is 0 Å². The Morgan fingerprint density at radius 2 is 1.94 bits per heavy atom. The van der Waals surface area contributed by atoms with Gasteiger partial charge in [0.1, 0.15) is 0 Å². The zero-order chi connectivity index (χ0) is 13.3. The maximum absolute atomic E-state index is 9.61. The summed E-state index contributed by atoms with van der Waals surface area (Å²) < 4.78 is 1.97. The Morgan fingerprint density at radius 3 is 2.39 bits per heavy atom. The van der Waals surface area contributed by atoms with Gasteiger partial charge in [-0.05, 0) is 52.6 Å². The van der Waals surface area contributed by atoms with Crippen molar-refractivity contribution in [2.45, 2.75) is 46.3 Å². The molecule has 0 bridgehead atoms. The monoisotopic (exact) mass is 251 g/mol. The number of aryl methyl sites for hydroxylation is 2. The normalized spacial score (nSPS) is 20.3. The Morgan fingerprint density at radius 1 is 1.33 bits per heavy atom. The first-order valence-corrected chi connectivity index (χ1v) is 6.88. The number of hydrogen-bond donors (Lipinski definition) is 1. The van der Waals surface area contributed by atoms with Gasteiger partial charge in [0.2, 0.25) is 0 Å². The third-order valence-corrected chi connectivity index (χ3v) is 4.36. The van der Waals surface area contributed by atoms with E-state index in [0.29, 0.717) is 5.92 Å². The van der Waals surface area contributed by atoms with Gasteiger partial charge in [0, 0.05) is 24.8 Å². The molecule has 0 aromatic carbocycles. The number of aromatic nitrogens is 2. The topological polar surface area (TPSA) is 41.3 Å². The van der Waals surface area contributed by atoms with Crippen molar-refractivity contribution in [1.82, 2.24) is 14.7 Å². The second-order valence-corrected chi connectivity index (χ2v) is 5.63. The SMILES string of the molecule is Cc1nn(C)c(C)c1CN1CCC(C(C)O)CC1. The molecule has 2 heterocycles. The molecular weight excluding hydrogens is 226 g/mol. The van der Waals surface area contributed by atoms with Gasteiger partial charge < -0.3 is 5.11 Å². The second-order valence-electron chi connectivity index (χ2n) is 5.63. The highest BCUT2D eigenvalue weighted by Crippen LogP contribution is 2.23. The minimum atomic E-state index is -0.158. The molecule has 0 aliphatic carbocycles. The molecule has 0 saturated carbocycles. The van der Waals surface area contributed by atoms with Crippen LogP contribution in [0.3, 0.4) is 0 Å². The van der Waals surface area contributed by atoms with E-state index in [9.17, 15) is 5.11 Å². The summed E-state index contributed by atoms with van der Waals surface area (Å²) in [5.41, 5.74) is 3.78. The molecule has 1 aromatic heterocycles. The van der Waals surface area contributed by atoms with E-state index in [1.165, 1.54) is 11.3 Å². The van der Waals surface area contributed by atoms with Crippen molar-refractivity contribution in [2.24, 2.45) is 13.0 Å². The molecule has 4 heteroatoms. The van der Waals surface area contributed by atoms with Crippen LogP contribution in [0.25, 0.3) is 0 Å². The van der Waals surface area contributed by atoms with Crippen LogP contribution in [0, 0.1) is 19.8 Å². The van der Waals surface area contributed by atoms with Crippen LogP contribution in [0.1, 0.15) is 36.7 Å². The molecule has 1 aromatic rings. The van der Waals surface area contributed by atoms with Crippen LogP contribution in [0.5, 0.6) is 0 Å². The van der Waals surface area contributed by atoms with Gasteiger partial charge in [0.25, 0.3) is 0 Å². The lowest BCUT2D eigenvalue weighted by Gasteiger charge is -2.33. The number of hydrogen-bond acceptors (Lipinski definition) is 3. The van der Waals surface area contributed by atoms with E-state index in [2.05, 4.69) is 23.8 Å². The first-order valence-electron chi connectivity index (χ1n) is 6.88. The Kier molecular flexibility index (Phi) is 4.07. The smallest absolute Gasteiger partial charge is 0.0641 e. The third kappa shape index (κ3) is 2.75. The molecule has 0 spiro atoms. The molecule has 2 rings (SSSR count). The van der Waals surface area contributed by atoms with Crippen molar-refractivity contribution < 1.29 is 5.11 Å². The average Bonchev–Trinajstić information content (AvgIpc) is 2.57. The summed E-state index contributed by atoms with van der Waals surface area (Å²) in [5, 5.41) is 14.1. The van der Waals surface area contributed by atoms with Crippen LogP contribution in [0.2, 0.25) is 0 Å². The van der Waals surface area contributed by atoms with Crippen molar-refractivity contribution in [1.29, 1.82) is 0 Å². The molecule has 1 unspecified atom stereocenters. The fourth-order valence-corrected chi connectivity index (χ4v) is 2.86. The standard InChI is InChI=1S/C14H25N3O/c1-10-14(11(2)16(4)15-10)9-17-7-5-13(6-8-17)12(3)18/h12-13,18H,5-9H2,1-4H3. The minimum absolute atomic E-state index is 0.158. The lowest BCUT2D eigenvalue weighted by Crippen LogP contribution is -2.36. The van der Waals surface area contributed by atoms with E-state index in [4.69, 9.17) is 0 Å². The fraction of sp³-hybridized carbons (Fsp3) is 0.786. The number of piperidine rings is 1. The van der Waals surface area contributed by atoms with Crippen molar-refractivity contribution in [3.05, 3.63) is 17.0 Å². The summed E-state index contributed by atoms with van der Waals surface area (Å²) in [6, 6.07) is 0. The second kappa shape index (κ2) is 5.41. The van der Waals surface area contributed by atoms with Crippen molar-refractivity contribution in [3.63, 3.8) is 0 Å². The highest BCUT2D eigenvalue weighted by atomic mass is 16.3. The Bertz CT molecular complexity index is 403. The van der Waals surface area contributed by atoms with Crippen LogP contribution in [0.4, 0.5) is 0 Å². The summed E-state index contributed by atoms with van der Waals surface area (Å²) in [7, 11) is 2.01. The first kappa shape index (κ1) is 13.6. The molecule has 18 heavy (non-hydrogen) atoms. The zero-order valence-corrected chi connectivity index (χ0v) is 12.0. The van der Waals surface area contributed by atoms with Crippen molar-refractivity contribution >= 4 is 0 Å². The Balaban J connectivity index is 1.95. The number of aliphatic hydroxyl groups is 1. The highest BCUT2D eigenvalue weighted by molar-refractivity contribution is 5.24. The van der Waals surface area contributed by atoms with Gasteiger partial charge in [-0.25, -0.2) is 0 Å². The molecule has 1 aliphatic rings. The summed E-state index contributed by atoms with van der Waals surface area (Å²) in [4.78, 5) is 2.48. The minimum Gasteiger partial charge on any atom is -0.393 e. The number of likely N-dealkylation sites (tertiary alicyclic amines) is 1. The number of nitrogens with zero attached hydrogens (tertiary/aromatic N) is 3. The average molecular weight is 251 g/mol. The van der Waals surface area contributed by atoms with Gasteiger partial charge in [-0.2, -0.15) is 5.10 Å². The quantitative estimate of drug-likeness (QED) is 0.887. The van der Waals surface area contributed by atoms with Crippen molar-refractivity contribution in [2.75, 3.05) is 13.1 Å². The van der Waals surface area contributed by atoms with Crippen LogP contribution in [-0.2, 0) is 13.6 Å². The van der Waals surface area contributed by atoms with Gasteiger partial charge in [0.15, 0.2) is 0 Å². The highest BCUT2D eigenvalue weighted by Gasteiger charge is 2.23. The molecule has 1 aliphatic heterocycles. The third-order valence-electron chi connectivity index (χ3n) is 4.36. The van der Waals surface area contributed by atoms with Crippen LogP contribution < -0.4 is 0 Å². The molecular formula is C14H25N3O. The lowest BCUT2D eigenvalue weighted by molar-refractivity contribution is 0.0694. The summed E-state index contributed by atoms with van der Waals surface area (Å²) in [6.07, 6.45) is 2.06. The Hall–Kier alpha value is -0.870. The fourth-order valence-electron chi connectivity index (χ4n) is 2.86. The number of rotatable bonds is 3. The van der Waals surface area contributed by atoms with Gasteiger partial charge in [-0.15, -0.1) is 0 Å². The molecule has 102 valence electrons. The molecule has 0 amide bonds. The molecule has 1 atom stereocenters. The molecule has 4 nitrogen and oxygen atoms in total. The van der Waals surface area contributed by atoms with Gasteiger partial charge in [-0.3, -0.25) is 9.58 Å². The van der Waals surface area contributed by atoms with Gasteiger partial charge in [-0.1, -0.05) is 0 Å². The van der Waals surface area contributed by atoms with E-state index in [-0.39, 0.29) is 6.10 Å². The van der Waals surface area contributed by atoms with E-state index >= 15 is 0 Å². The van der Waals surface area contributed by atoms with E-state index in [1.807, 2.05) is 18.7 Å². The largest absolute Gasteiger partial charge is 0.393 e. The van der Waals surface area contributed by atoms with E-state index in [1.54, 1.807) is 0 Å². The predicted molar refractivity (Wildman–Crippen MR) is 72.4 cm³/mol. The lowest BCUT2D eigenvalue weighted by atomic mass is 9.92. The summed E-state index contributed by atoms with van der Waals surface area (Å²) in [6.45, 7) is 9.31. The predicted octanol–water partition coefficient (Wildman–Crippen LogP) is 1.63. The van der Waals surface area contributed by atoms with Crippen LogP contribution in [-0.4, -0.2) is 39.0 Å². The van der Waals surface area contributed by atoms with Crippen LogP contribution in [0.15, 0.2) is 0 Å². The zero-order valence-electron chi connectivity index (χ0n) is 12.0. The van der Waals surface area contributed by atoms with Crippen molar-refractivity contribution in [3.8, 4) is 0 Å². The van der Waals surface area contributed by atoms with E-state index < -0.39 is 0 Å². The maximum Gasteiger partial charge on any atom is 0.0641 e. The molecule has 1 fully saturated rings.